The molecule has 23 heavy (non-hydrogen) atoms. The molecule has 1 saturated heterocycles. The SMILES string of the molecule is COC1=CC=C2[C@@H]3N(C)C[C@@]34Cc3ccc(O)c5c3[C@@]2(C4)[C@H]1O5. The molecular weight excluding hydrogens is 290 g/mol. The molecule has 5 aliphatic rings. The van der Waals surface area contributed by atoms with Gasteiger partial charge in [-0.1, -0.05) is 12.1 Å². The third kappa shape index (κ3) is 1.07. The summed E-state index contributed by atoms with van der Waals surface area (Å²) in [7, 11) is 3.93. The van der Waals surface area contributed by atoms with Gasteiger partial charge in [0.2, 0.25) is 0 Å². The van der Waals surface area contributed by atoms with Crippen molar-refractivity contribution in [2.75, 3.05) is 20.7 Å². The molecule has 3 aliphatic carbocycles. The number of aromatic hydroxyl groups is 1. The van der Waals surface area contributed by atoms with Crippen molar-refractivity contribution in [3.63, 3.8) is 0 Å². The smallest absolute Gasteiger partial charge is 0.169 e. The van der Waals surface area contributed by atoms with E-state index in [4.69, 9.17) is 9.47 Å². The van der Waals surface area contributed by atoms with Crippen LogP contribution in [-0.4, -0.2) is 42.9 Å². The highest BCUT2D eigenvalue weighted by Crippen LogP contribution is 2.72. The number of phenolic OH excluding ortho intramolecular Hbond substituents is 1. The second-order valence-electron chi connectivity index (χ2n) is 7.85. The van der Waals surface area contributed by atoms with Crippen LogP contribution in [0.15, 0.2) is 35.6 Å². The van der Waals surface area contributed by atoms with Crippen LogP contribution in [0.25, 0.3) is 0 Å². The van der Waals surface area contributed by atoms with Gasteiger partial charge in [0.05, 0.1) is 12.5 Å². The molecule has 4 nitrogen and oxygen atoms in total. The van der Waals surface area contributed by atoms with E-state index >= 15 is 0 Å². The Bertz CT molecular complexity index is 841. The van der Waals surface area contributed by atoms with Gasteiger partial charge in [0.25, 0.3) is 0 Å². The fourth-order valence-corrected chi connectivity index (χ4v) is 6.41. The van der Waals surface area contributed by atoms with E-state index in [2.05, 4.69) is 30.2 Å². The predicted octanol–water partition coefficient (Wildman–Crippen LogP) is 2.12. The molecule has 2 spiro atoms. The molecule has 4 heteroatoms. The topological polar surface area (TPSA) is 41.9 Å². The second kappa shape index (κ2) is 3.44. The molecule has 0 amide bonds. The van der Waals surface area contributed by atoms with Crippen molar-refractivity contribution in [3.05, 3.63) is 46.7 Å². The highest BCUT2D eigenvalue weighted by atomic mass is 16.5. The Morgan fingerprint density at radius 3 is 3.00 bits per heavy atom. The van der Waals surface area contributed by atoms with E-state index in [9.17, 15) is 5.11 Å². The average molecular weight is 309 g/mol. The number of ether oxygens (including phenoxy) is 2. The summed E-state index contributed by atoms with van der Waals surface area (Å²) in [6, 6.07) is 4.38. The zero-order valence-electron chi connectivity index (χ0n) is 13.3. The first kappa shape index (κ1) is 12.5. The van der Waals surface area contributed by atoms with Crippen molar-refractivity contribution in [3.8, 4) is 11.5 Å². The number of methoxy groups -OCH3 is 1. The highest BCUT2D eigenvalue weighted by molar-refractivity contribution is 5.69. The third-order valence-electron chi connectivity index (χ3n) is 6.84. The van der Waals surface area contributed by atoms with Crippen LogP contribution < -0.4 is 4.74 Å². The molecule has 2 aliphatic heterocycles. The minimum Gasteiger partial charge on any atom is -0.504 e. The number of rotatable bonds is 1. The van der Waals surface area contributed by atoms with Gasteiger partial charge in [0.15, 0.2) is 17.6 Å². The fraction of sp³-hybridized carbons (Fsp3) is 0.474. The van der Waals surface area contributed by atoms with Gasteiger partial charge in [-0.2, -0.15) is 0 Å². The molecule has 0 radical (unpaired) electrons. The van der Waals surface area contributed by atoms with Gasteiger partial charge in [-0.05, 0) is 43.2 Å². The van der Waals surface area contributed by atoms with Crippen molar-refractivity contribution in [1.29, 1.82) is 0 Å². The molecule has 2 heterocycles. The van der Waals surface area contributed by atoms with Gasteiger partial charge >= 0.3 is 0 Å². The number of fused-ring (bicyclic) bond motifs is 1. The van der Waals surface area contributed by atoms with Gasteiger partial charge < -0.3 is 14.6 Å². The lowest BCUT2D eigenvalue weighted by Crippen LogP contribution is -2.61. The number of likely N-dealkylation sites (tertiary alicyclic amines) is 1. The molecule has 1 aromatic rings. The van der Waals surface area contributed by atoms with Gasteiger partial charge in [0.1, 0.15) is 5.76 Å². The van der Waals surface area contributed by atoms with Crippen LogP contribution in [-0.2, 0) is 16.6 Å². The lowest BCUT2D eigenvalue weighted by Gasteiger charge is -2.53. The Kier molecular flexibility index (Phi) is 1.86. The van der Waals surface area contributed by atoms with Crippen molar-refractivity contribution in [2.45, 2.75) is 30.4 Å². The van der Waals surface area contributed by atoms with Crippen molar-refractivity contribution >= 4 is 0 Å². The first-order valence-electron chi connectivity index (χ1n) is 8.29. The van der Waals surface area contributed by atoms with Crippen molar-refractivity contribution < 1.29 is 14.6 Å². The van der Waals surface area contributed by atoms with Crippen LogP contribution in [0.2, 0.25) is 0 Å². The van der Waals surface area contributed by atoms with E-state index in [1.807, 2.05) is 0 Å². The van der Waals surface area contributed by atoms with Crippen LogP contribution >= 0.6 is 0 Å². The molecule has 0 unspecified atom stereocenters. The van der Waals surface area contributed by atoms with Crippen LogP contribution in [0.1, 0.15) is 17.5 Å². The minimum atomic E-state index is -0.142. The monoisotopic (exact) mass is 309 g/mol. The van der Waals surface area contributed by atoms with Crippen molar-refractivity contribution in [2.24, 2.45) is 5.41 Å². The minimum absolute atomic E-state index is 0.134. The van der Waals surface area contributed by atoms with E-state index in [-0.39, 0.29) is 17.3 Å². The molecule has 1 aromatic carbocycles. The molecular formula is C19H19NO3. The van der Waals surface area contributed by atoms with E-state index in [1.54, 1.807) is 13.2 Å². The normalized spacial score (nSPS) is 41.3. The number of likely N-dealkylation sites (N-methyl/N-ethyl adjacent to an activating group) is 1. The van der Waals surface area contributed by atoms with Crippen LogP contribution in [0, 0.1) is 5.41 Å². The van der Waals surface area contributed by atoms with Gasteiger partial charge in [-0.15, -0.1) is 0 Å². The number of nitrogens with zero attached hydrogens (tertiary/aromatic N) is 1. The molecule has 0 aromatic heterocycles. The van der Waals surface area contributed by atoms with Crippen LogP contribution in [0.3, 0.4) is 0 Å². The molecule has 4 atom stereocenters. The summed E-state index contributed by atoms with van der Waals surface area (Å²) in [6.45, 7) is 1.14. The summed E-state index contributed by atoms with van der Waals surface area (Å²) in [6.07, 6.45) is 6.38. The molecule has 1 saturated carbocycles. The van der Waals surface area contributed by atoms with Gasteiger partial charge in [-0.3, -0.25) is 4.90 Å². The molecule has 2 fully saturated rings. The molecule has 2 bridgehead atoms. The first-order chi connectivity index (χ1) is 11.1. The zero-order valence-corrected chi connectivity index (χ0v) is 13.3. The highest BCUT2D eigenvalue weighted by Gasteiger charge is 2.74. The Balaban J connectivity index is 1.71. The Morgan fingerprint density at radius 2 is 2.22 bits per heavy atom. The number of hydrogen-bond acceptors (Lipinski definition) is 4. The Hall–Kier alpha value is -1.94. The summed E-state index contributed by atoms with van der Waals surface area (Å²) in [5, 5.41) is 10.4. The standard InChI is InChI=1S/C19H19NO3/c1-20-9-18-7-10-3-5-12(21)15-14(10)19(8-18)11(16(18)20)4-6-13(22-2)17(19)23-15/h3-6,16-17,21H,7-9H2,1-2H3/t16-,17-,18-,19-/m0/s1. The van der Waals surface area contributed by atoms with E-state index in [0.717, 1.165) is 25.1 Å². The van der Waals surface area contributed by atoms with Crippen molar-refractivity contribution in [1.82, 2.24) is 4.90 Å². The first-order valence-corrected chi connectivity index (χ1v) is 8.29. The molecule has 1 N–H and O–H groups in total. The Morgan fingerprint density at radius 1 is 1.35 bits per heavy atom. The number of benzene rings is 1. The quantitative estimate of drug-likeness (QED) is 0.863. The number of hydrogen-bond donors (Lipinski definition) is 1. The Labute approximate surface area is 135 Å². The molecule has 118 valence electrons. The second-order valence-corrected chi connectivity index (χ2v) is 7.85. The maximum atomic E-state index is 10.4. The lowest BCUT2D eigenvalue weighted by atomic mass is 9.61. The lowest BCUT2D eigenvalue weighted by molar-refractivity contribution is -0.0223. The fourth-order valence-electron chi connectivity index (χ4n) is 6.41. The van der Waals surface area contributed by atoms with E-state index in [0.29, 0.717) is 17.2 Å². The average Bonchev–Trinajstić information content (AvgIpc) is 2.96. The number of allylic oxidation sites excluding steroid dienone is 2. The summed E-state index contributed by atoms with van der Waals surface area (Å²) < 4.78 is 12.0. The maximum Gasteiger partial charge on any atom is 0.169 e. The van der Waals surface area contributed by atoms with Crippen LogP contribution in [0.5, 0.6) is 11.5 Å². The zero-order chi connectivity index (χ0) is 15.6. The summed E-state index contributed by atoms with van der Waals surface area (Å²) >= 11 is 0. The van der Waals surface area contributed by atoms with E-state index in [1.165, 1.54) is 16.7 Å². The third-order valence-corrected chi connectivity index (χ3v) is 6.84. The summed E-state index contributed by atoms with van der Waals surface area (Å²) in [4.78, 5) is 2.47. The number of phenols is 1. The maximum absolute atomic E-state index is 10.4. The van der Waals surface area contributed by atoms with Crippen LogP contribution in [0.4, 0.5) is 0 Å². The largest absolute Gasteiger partial charge is 0.504 e. The predicted molar refractivity (Wildman–Crippen MR) is 84.5 cm³/mol. The summed E-state index contributed by atoms with van der Waals surface area (Å²) in [5.41, 5.74) is 4.22. The van der Waals surface area contributed by atoms with Gasteiger partial charge in [-0.25, -0.2) is 0 Å². The van der Waals surface area contributed by atoms with E-state index < -0.39 is 0 Å². The molecule has 6 rings (SSSR count). The summed E-state index contributed by atoms with van der Waals surface area (Å²) in [5.74, 6) is 1.81. The van der Waals surface area contributed by atoms with Gasteiger partial charge in [0, 0.05) is 23.6 Å².